The van der Waals surface area contributed by atoms with E-state index in [1.807, 2.05) is 0 Å². The van der Waals surface area contributed by atoms with E-state index >= 15 is 0 Å². The minimum Gasteiger partial charge on any atom is -0.480 e. The minimum atomic E-state index is -4.26. The molecule has 0 radical (unpaired) electrons. The van der Waals surface area contributed by atoms with Crippen LogP contribution in [0.1, 0.15) is 5.56 Å². The van der Waals surface area contributed by atoms with Crippen LogP contribution in [-0.4, -0.2) is 48.8 Å². The summed E-state index contributed by atoms with van der Waals surface area (Å²) >= 11 is 0. The van der Waals surface area contributed by atoms with Crippen molar-refractivity contribution in [3.63, 3.8) is 0 Å². The van der Waals surface area contributed by atoms with Gasteiger partial charge < -0.3 is 10.4 Å². The molecule has 0 aliphatic carbocycles. The van der Waals surface area contributed by atoms with Crippen molar-refractivity contribution in [1.29, 1.82) is 5.26 Å². The molecule has 110 valence electrons. The first-order valence-electron chi connectivity index (χ1n) is 5.88. The number of hydrogen-bond acceptors (Lipinski definition) is 5. The molecule has 21 heavy (non-hydrogen) atoms. The van der Waals surface area contributed by atoms with Crippen LogP contribution in [0.15, 0.2) is 29.2 Å². The molecule has 2 N–H and O–H groups in total. The highest BCUT2D eigenvalue weighted by Crippen LogP contribution is 2.22. The number of carboxylic acids is 1. The van der Waals surface area contributed by atoms with Gasteiger partial charge in [0.1, 0.15) is 12.1 Å². The van der Waals surface area contributed by atoms with Gasteiger partial charge in [-0.05, 0) is 12.1 Å². The Morgan fingerprint density at radius 3 is 2.71 bits per heavy atom. The molecule has 1 aliphatic rings. The third-order valence-corrected chi connectivity index (χ3v) is 4.93. The van der Waals surface area contributed by atoms with Gasteiger partial charge in [0.05, 0.1) is 17.0 Å². The lowest BCUT2D eigenvalue weighted by Crippen LogP contribution is -2.59. The molecule has 1 aromatic rings. The van der Waals surface area contributed by atoms with E-state index in [0.29, 0.717) is 4.31 Å². The van der Waals surface area contributed by atoms with Crippen molar-refractivity contribution in [3.05, 3.63) is 29.8 Å². The summed E-state index contributed by atoms with van der Waals surface area (Å²) in [5.74, 6) is -1.96. The number of amides is 1. The fourth-order valence-electron chi connectivity index (χ4n) is 1.99. The van der Waals surface area contributed by atoms with Gasteiger partial charge in [0.15, 0.2) is 0 Å². The Morgan fingerprint density at radius 1 is 1.43 bits per heavy atom. The summed E-state index contributed by atoms with van der Waals surface area (Å²) in [5, 5.41) is 20.4. The quantitative estimate of drug-likeness (QED) is 0.747. The molecule has 1 aliphatic heterocycles. The van der Waals surface area contributed by atoms with E-state index in [4.69, 9.17) is 10.4 Å². The van der Waals surface area contributed by atoms with Crippen molar-refractivity contribution in [2.24, 2.45) is 0 Å². The number of aliphatic carboxylic acids is 1. The number of rotatable bonds is 3. The molecule has 2 rings (SSSR count). The van der Waals surface area contributed by atoms with E-state index in [2.05, 4.69) is 5.32 Å². The van der Waals surface area contributed by atoms with Gasteiger partial charge in [0.25, 0.3) is 0 Å². The molecule has 1 heterocycles. The Bertz CT molecular complexity index is 738. The second-order valence-corrected chi connectivity index (χ2v) is 6.18. The molecule has 1 aromatic carbocycles. The summed E-state index contributed by atoms with van der Waals surface area (Å²) in [4.78, 5) is 22.3. The smallest absolute Gasteiger partial charge is 0.323 e. The molecule has 1 unspecified atom stereocenters. The van der Waals surface area contributed by atoms with Gasteiger partial charge in [-0.25, -0.2) is 8.42 Å². The zero-order valence-corrected chi connectivity index (χ0v) is 11.5. The number of piperazine rings is 1. The minimum absolute atomic E-state index is 0.104. The normalized spacial score (nSPS) is 19.6. The summed E-state index contributed by atoms with van der Waals surface area (Å²) in [6.45, 7) is -0.915. The van der Waals surface area contributed by atoms with Crippen LogP contribution < -0.4 is 5.32 Å². The number of benzene rings is 1. The fourth-order valence-corrected chi connectivity index (χ4v) is 3.67. The number of carbonyl (C=O) groups excluding carboxylic acids is 1. The van der Waals surface area contributed by atoms with Crippen LogP contribution in [0.25, 0.3) is 0 Å². The summed E-state index contributed by atoms with van der Waals surface area (Å²) < 4.78 is 25.7. The van der Waals surface area contributed by atoms with Gasteiger partial charge in [0.2, 0.25) is 15.9 Å². The first kappa shape index (κ1) is 15.0. The summed E-state index contributed by atoms with van der Waals surface area (Å²) in [6.07, 6.45) is 0. The van der Waals surface area contributed by atoms with E-state index in [-0.39, 0.29) is 17.0 Å². The summed E-state index contributed by atoms with van der Waals surface area (Å²) in [6, 6.07) is 5.78. The average Bonchev–Trinajstić information content (AvgIpc) is 2.46. The monoisotopic (exact) mass is 309 g/mol. The van der Waals surface area contributed by atoms with Gasteiger partial charge in [-0.2, -0.15) is 9.57 Å². The van der Waals surface area contributed by atoms with Crippen molar-refractivity contribution >= 4 is 21.9 Å². The molecule has 1 fully saturated rings. The average molecular weight is 309 g/mol. The van der Waals surface area contributed by atoms with Crippen LogP contribution in [0.2, 0.25) is 0 Å². The standard InChI is InChI=1S/C12H11N3O5S/c13-5-8-3-1-2-4-10(8)21(19,20)15-7-11(16)14-6-9(15)12(17)18/h1-4,9H,6-7H2,(H,14,16)(H,17,18). The predicted molar refractivity (Wildman–Crippen MR) is 69.5 cm³/mol. The van der Waals surface area contributed by atoms with E-state index < -0.39 is 34.5 Å². The van der Waals surface area contributed by atoms with Crippen LogP contribution in [0.3, 0.4) is 0 Å². The first-order chi connectivity index (χ1) is 9.87. The number of nitriles is 1. The lowest BCUT2D eigenvalue weighted by molar-refractivity contribution is -0.143. The predicted octanol–water partition coefficient (Wildman–Crippen LogP) is -0.868. The highest BCUT2D eigenvalue weighted by atomic mass is 32.2. The van der Waals surface area contributed by atoms with Gasteiger partial charge in [-0.1, -0.05) is 12.1 Å². The zero-order chi connectivity index (χ0) is 15.6. The molecule has 0 spiro atoms. The van der Waals surface area contributed by atoms with E-state index in [1.54, 1.807) is 6.07 Å². The number of carbonyl (C=O) groups is 2. The van der Waals surface area contributed by atoms with Crippen LogP contribution >= 0.6 is 0 Å². The first-order valence-corrected chi connectivity index (χ1v) is 7.32. The zero-order valence-electron chi connectivity index (χ0n) is 10.7. The third kappa shape index (κ3) is 2.72. The number of nitrogens with zero attached hydrogens (tertiary/aromatic N) is 2. The number of hydrogen-bond donors (Lipinski definition) is 2. The van der Waals surface area contributed by atoms with E-state index in [1.165, 1.54) is 24.3 Å². The molecule has 0 aromatic heterocycles. The van der Waals surface area contributed by atoms with Crippen molar-refractivity contribution in [1.82, 2.24) is 9.62 Å². The Hall–Kier alpha value is -2.44. The second kappa shape index (κ2) is 5.51. The Labute approximate surface area is 120 Å². The maximum absolute atomic E-state index is 12.6. The summed E-state index contributed by atoms with van der Waals surface area (Å²) in [5.41, 5.74) is -0.104. The lowest BCUT2D eigenvalue weighted by atomic mass is 10.2. The Balaban J connectivity index is 2.53. The van der Waals surface area contributed by atoms with Crippen LogP contribution in [0, 0.1) is 11.3 Å². The molecule has 9 heteroatoms. The molecule has 8 nitrogen and oxygen atoms in total. The number of carboxylic acid groups (broad SMARTS) is 1. The molecule has 1 amide bonds. The van der Waals surface area contributed by atoms with E-state index in [9.17, 15) is 18.0 Å². The fraction of sp³-hybridized carbons (Fsp3) is 0.250. The van der Waals surface area contributed by atoms with Crippen LogP contribution in [0.4, 0.5) is 0 Å². The highest BCUT2D eigenvalue weighted by Gasteiger charge is 2.41. The van der Waals surface area contributed by atoms with Crippen molar-refractivity contribution < 1.29 is 23.1 Å². The van der Waals surface area contributed by atoms with Crippen LogP contribution in [-0.2, 0) is 19.6 Å². The van der Waals surface area contributed by atoms with Gasteiger partial charge >= 0.3 is 5.97 Å². The van der Waals surface area contributed by atoms with Crippen LogP contribution in [0.5, 0.6) is 0 Å². The Kier molecular flexibility index (Phi) is 3.93. The van der Waals surface area contributed by atoms with E-state index in [0.717, 1.165) is 0 Å². The third-order valence-electron chi connectivity index (χ3n) is 3.02. The largest absolute Gasteiger partial charge is 0.480 e. The van der Waals surface area contributed by atoms with Crippen molar-refractivity contribution in [2.75, 3.05) is 13.1 Å². The van der Waals surface area contributed by atoms with Gasteiger partial charge in [-0.3, -0.25) is 9.59 Å². The Morgan fingerprint density at radius 2 is 2.10 bits per heavy atom. The second-order valence-electron chi connectivity index (χ2n) is 4.32. The molecule has 1 saturated heterocycles. The molecule has 0 bridgehead atoms. The van der Waals surface area contributed by atoms with Crippen molar-refractivity contribution in [3.8, 4) is 6.07 Å². The SMILES string of the molecule is N#Cc1ccccc1S(=O)(=O)N1CC(=O)NCC1C(=O)O. The molecule has 0 saturated carbocycles. The van der Waals surface area contributed by atoms with Gasteiger partial charge in [0, 0.05) is 6.54 Å². The lowest BCUT2D eigenvalue weighted by Gasteiger charge is -2.31. The maximum Gasteiger partial charge on any atom is 0.323 e. The van der Waals surface area contributed by atoms with Crippen molar-refractivity contribution in [2.45, 2.75) is 10.9 Å². The topological polar surface area (TPSA) is 128 Å². The molecular weight excluding hydrogens is 298 g/mol. The number of sulfonamides is 1. The highest BCUT2D eigenvalue weighted by molar-refractivity contribution is 7.89. The maximum atomic E-state index is 12.6. The molecular formula is C12H11N3O5S. The van der Waals surface area contributed by atoms with Gasteiger partial charge in [-0.15, -0.1) is 0 Å². The number of nitrogens with one attached hydrogen (secondary N) is 1. The summed E-state index contributed by atoms with van der Waals surface area (Å²) in [7, 11) is -4.26. The molecule has 1 atom stereocenters.